The highest BCUT2D eigenvalue weighted by atomic mass is 79.9. The Labute approximate surface area is 246 Å². The van der Waals surface area contributed by atoms with Crippen LogP contribution >= 0.6 is 27.5 Å². The summed E-state index contributed by atoms with van der Waals surface area (Å²) in [4.78, 5) is 16.4. The van der Waals surface area contributed by atoms with Crippen LogP contribution in [0.15, 0.2) is 70.2 Å². The van der Waals surface area contributed by atoms with Crippen molar-refractivity contribution in [1.82, 2.24) is 18.9 Å². The van der Waals surface area contributed by atoms with Crippen molar-refractivity contribution >= 4 is 55.0 Å². The SMILES string of the molecule is COC(=O)CCc1ccc(S(=O)(=O)N2CCC(CNc3cc(-c4ccccc4Cl)nc4c(Br)cnn34)CC2)cc1. The summed E-state index contributed by atoms with van der Waals surface area (Å²) < 4.78 is 35.2. The molecular formula is C28H29BrClN5O4S. The second-order valence-electron chi connectivity index (χ2n) is 9.68. The molecule has 0 unspecified atom stereocenters. The zero-order chi connectivity index (χ0) is 28.3. The second-order valence-corrected chi connectivity index (χ2v) is 12.9. The molecular weight excluding hydrogens is 618 g/mol. The Kier molecular flexibility index (Phi) is 8.74. The van der Waals surface area contributed by atoms with Crippen molar-refractivity contribution in [2.45, 2.75) is 30.6 Å². The van der Waals surface area contributed by atoms with Gasteiger partial charge in [-0.25, -0.2) is 13.4 Å². The number of aryl methyl sites for hydroxylation is 1. The van der Waals surface area contributed by atoms with Crippen molar-refractivity contribution in [3.05, 3.63) is 75.9 Å². The monoisotopic (exact) mass is 645 g/mol. The normalized spacial score (nSPS) is 14.9. The molecule has 0 aliphatic carbocycles. The lowest BCUT2D eigenvalue weighted by Crippen LogP contribution is -2.39. The van der Waals surface area contributed by atoms with Crippen LogP contribution < -0.4 is 5.32 Å². The highest BCUT2D eigenvalue weighted by Crippen LogP contribution is 2.31. The maximum Gasteiger partial charge on any atom is 0.305 e. The Bertz CT molecular complexity index is 1620. The molecule has 1 aliphatic rings. The maximum atomic E-state index is 13.2. The molecule has 12 heteroatoms. The number of ether oxygens (including phenoxy) is 1. The van der Waals surface area contributed by atoms with Crippen molar-refractivity contribution in [1.29, 1.82) is 0 Å². The Morgan fingerprint density at radius 2 is 1.88 bits per heavy atom. The fourth-order valence-electron chi connectivity index (χ4n) is 4.80. The van der Waals surface area contributed by atoms with Gasteiger partial charge in [-0.1, -0.05) is 41.9 Å². The number of piperidine rings is 1. The third-order valence-corrected chi connectivity index (χ3v) is 9.93. The fraction of sp³-hybridized carbons (Fsp3) is 0.321. The molecule has 0 radical (unpaired) electrons. The topological polar surface area (TPSA) is 106 Å². The highest BCUT2D eigenvalue weighted by Gasteiger charge is 2.29. The van der Waals surface area contributed by atoms with E-state index in [4.69, 9.17) is 16.6 Å². The van der Waals surface area contributed by atoms with Gasteiger partial charge in [0, 0.05) is 42.7 Å². The minimum atomic E-state index is -3.59. The average molecular weight is 647 g/mol. The zero-order valence-corrected chi connectivity index (χ0v) is 25.0. The molecule has 0 amide bonds. The largest absolute Gasteiger partial charge is 0.469 e. The van der Waals surface area contributed by atoms with E-state index in [0.29, 0.717) is 36.7 Å². The smallest absolute Gasteiger partial charge is 0.305 e. The van der Waals surface area contributed by atoms with Gasteiger partial charge in [0.1, 0.15) is 5.82 Å². The van der Waals surface area contributed by atoms with Crippen LogP contribution in [0.25, 0.3) is 16.9 Å². The van der Waals surface area contributed by atoms with Crippen LogP contribution in [0.3, 0.4) is 0 Å². The van der Waals surface area contributed by atoms with E-state index >= 15 is 0 Å². The number of hydrogen-bond acceptors (Lipinski definition) is 7. The lowest BCUT2D eigenvalue weighted by atomic mass is 9.98. The Morgan fingerprint density at radius 1 is 1.15 bits per heavy atom. The molecule has 9 nitrogen and oxygen atoms in total. The summed E-state index contributed by atoms with van der Waals surface area (Å²) in [7, 11) is -2.24. The standard InChI is InChI=1S/C28H29BrClN5O4S/c1-39-27(36)11-8-19-6-9-21(10-7-19)40(37,38)34-14-12-20(13-15-34)17-31-26-16-25(22-4-2-3-5-24(22)30)33-28-23(29)18-32-35(26)28/h2-7,9-10,16,18,20,31H,8,11-15,17H2,1H3. The molecule has 210 valence electrons. The summed E-state index contributed by atoms with van der Waals surface area (Å²) in [6.45, 7) is 1.56. The number of rotatable bonds is 9. The van der Waals surface area contributed by atoms with Gasteiger partial charge in [-0.05, 0) is 64.9 Å². The van der Waals surface area contributed by atoms with E-state index in [1.54, 1.807) is 39.3 Å². The number of aromatic nitrogens is 3. The van der Waals surface area contributed by atoms with Crippen LogP contribution in [0.2, 0.25) is 5.02 Å². The fourth-order valence-corrected chi connectivity index (χ4v) is 6.85. The number of fused-ring (bicyclic) bond motifs is 1. The number of nitrogens with one attached hydrogen (secondary N) is 1. The highest BCUT2D eigenvalue weighted by molar-refractivity contribution is 9.10. The number of esters is 1. The van der Waals surface area contributed by atoms with Crippen LogP contribution in [0, 0.1) is 5.92 Å². The van der Waals surface area contributed by atoms with Crippen LogP contribution in [0.5, 0.6) is 0 Å². The number of benzene rings is 2. The summed E-state index contributed by atoms with van der Waals surface area (Å²) in [5.41, 5.74) is 3.13. The number of hydrogen-bond donors (Lipinski definition) is 1. The predicted octanol–water partition coefficient (Wildman–Crippen LogP) is 5.43. The number of carbonyl (C=O) groups is 1. The number of sulfonamides is 1. The summed E-state index contributed by atoms with van der Waals surface area (Å²) in [5.74, 6) is 0.784. The van der Waals surface area contributed by atoms with Crippen molar-refractivity contribution in [3.63, 3.8) is 0 Å². The number of carbonyl (C=O) groups excluding carboxylic acids is 1. The van der Waals surface area contributed by atoms with E-state index in [2.05, 4.69) is 31.1 Å². The molecule has 40 heavy (non-hydrogen) atoms. The number of methoxy groups -OCH3 is 1. The number of nitrogens with zero attached hydrogens (tertiary/aromatic N) is 4. The quantitative estimate of drug-likeness (QED) is 0.242. The Balaban J connectivity index is 1.22. The molecule has 1 fully saturated rings. The number of halogens is 2. The van der Waals surface area contributed by atoms with Gasteiger partial charge >= 0.3 is 5.97 Å². The van der Waals surface area contributed by atoms with Gasteiger partial charge in [-0.15, -0.1) is 0 Å². The van der Waals surface area contributed by atoms with Gasteiger partial charge in [0.2, 0.25) is 10.0 Å². The van der Waals surface area contributed by atoms with Crippen molar-refractivity contribution in [2.24, 2.45) is 5.92 Å². The zero-order valence-electron chi connectivity index (χ0n) is 21.9. The summed E-state index contributed by atoms with van der Waals surface area (Å²) in [6, 6.07) is 16.2. The molecule has 1 saturated heterocycles. The van der Waals surface area contributed by atoms with Crippen molar-refractivity contribution < 1.29 is 17.9 Å². The molecule has 4 aromatic rings. The van der Waals surface area contributed by atoms with E-state index in [1.807, 2.05) is 30.3 Å². The Morgan fingerprint density at radius 3 is 2.58 bits per heavy atom. The molecule has 5 rings (SSSR count). The van der Waals surface area contributed by atoms with Crippen molar-refractivity contribution in [2.75, 3.05) is 32.1 Å². The average Bonchev–Trinajstić information content (AvgIpc) is 3.35. The summed E-state index contributed by atoms with van der Waals surface area (Å²) in [6.07, 6.45) is 3.94. The Hall–Kier alpha value is -2.99. The number of anilines is 1. The van der Waals surface area contributed by atoms with Gasteiger partial charge in [0.05, 0.1) is 28.4 Å². The van der Waals surface area contributed by atoms with Crippen molar-refractivity contribution in [3.8, 4) is 11.3 Å². The van der Waals surface area contributed by atoms with E-state index < -0.39 is 10.0 Å². The first-order valence-corrected chi connectivity index (χ1v) is 15.6. The van der Waals surface area contributed by atoms with Gasteiger partial charge in [0.15, 0.2) is 5.65 Å². The molecule has 3 heterocycles. The molecule has 1 N–H and O–H groups in total. The summed E-state index contributed by atoms with van der Waals surface area (Å²) in [5, 5.41) is 8.58. The van der Waals surface area contributed by atoms with Gasteiger partial charge in [0.25, 0.3) is 0 Å². The first kappa shape index (κ1) is 28.5. The molecule has 1 aliphatic heterocycles. The van der Waals surface area contributed by atoms with Crippen LogP contribution in [-0.2, 0) is 26.0 Å². The minimum absolute atomic E-state index is 0.258. The maximum absolute atomic E-state index is 13.2. The second kappa shape index (κ2) is 12.3. The third kappa shape index (κ3) is 6.17. The van der Waals surface area contributed by atoms with E-state index in [9.17, 15) is 13.2 Å². The molecule has 0 spiro atoms. The third-order valence-electron chi connectivity index (χ3n) is 7.13. The lowest BCUT2D eigenvalue weighted by molar-refractivity contribution is -0.140. The lowest BCUT2D eigenvalue weighted by Gasteiger charge is -2.31. The van der Waals surface area contributed by atoms with Gasteiger partial charge in [-0.3, -0.25) is 4.79 Å². The predicted molar refractivity (Wildman–Crippen MR) is 158 cm³/mol. The van der Waals surface area contributed by atoms with Gasteiger partial charge < -0.3 is 10.1 Å². The van der Waals surface area contributed by atoms with E-state index in [0.717, 1.165) is 40.0 Å². The van der Waals surface area contributed by atoms with Crippen LogP contribution in [0.4, 0.5) is 5.82 Å². The van der Waals surface area contributed by atoms with Crippen LogP contribution in [-0.4, -0.2) is 60.0 Å². The van der Waals surface area contributed by atoms with E-state index in [-0.39, 0.29) is 23.2 Å². The molecule has 0 saturated carbocycles. The first-order valence-electron chi connectivity index (χ1n) is 12.9. The molecule has 0 bridgehead atoms. The molecule has 2 aromatic heterocycles. The molecule has 0 atom stereocenters. The van der Waals surface area contributed by atoms with E-state index in [1.165, 1.54) is 7.11 Å². The van der Waals surface area contributed by atoms with Crippen LogP contribution in [0.1, 0.15) is 24.8 Å². The minimum Gasteiger partial charge on any atom is -0.469 e. The summed E-state index contributed by atoms with van der Waals surface area (Å²) >= 11 is 9.97. The molecule has 2 aromatic carbocycles. The van der Waals surface area contributed by atoms with Gasteiger partial charge in [-0.2, -0.15) is 13.9 Å². The first-order chi connectivity index (χ1) is 19.3.